The molecule has 1 unspecified atom stereocenters. The van der Waals surface area contributed by atoms with Crippen molar-refractivity contribution in [3.05, 3.63) is 52.2 Å². The van der Waals surface area contributed by atoms with E-state index in [1.54, 1.807) is 31.2 Å². The van der Waals surface area contributed by atoms with Gasteiger partial charge in [0.05, 0.1) is 11.6 Å². The fourth-order valence-electron chi connectivity index (χ4n) is 1.56. The predicted molar refractivity (Wildman–Crippen MR) is 85.4 cm³/mol. The van der Waals surface area contributed by atoms with E-state index in [4.69, 9.17) is 15.8 Å². The van der Waals surface area contributed by atoms with Crippen molar-refractivity contribution < 1.29 is 9.63 Å². The van der Waals surface area contributed by atoms with E-state index in [9.17, 15) is 4.79 Å². The molecular weight excluding hydrogens is 300 g/mol. The summed E-state index contributed by atoms with van der Waals surface area (Å²) >= 11 is 1.49. The molecule has 112 valence electrons. The second-order valence-corrected chi connectivity index (χ2v) is 5.20. The summed E-state index contributed by atoms with van der Waals surface area (Å²) in [4.78, 5) is 17.1. The van der Waals surface area contributed by atoms with Gasteiger partial charge in [-0.25, -0.2) is 0 Å². The number of thiophene rings is 1. The maximum Gasteiger partial charge on any atom is 0.267 e. The highest BCUT2D eigenvalue weighted by atomic mass is 32.1. The van der Waals surface area contributed by atoms with Gasteiger partial charge in [-0.05, 0) is 36.6 Å². The molecule has 1 heterocycles. The molecule has 1 amide bonds. The first kappa shape index (κ1) is 15.5. The van der Waals surface area contributed by atoms with Crippen LogP contribution in [0, 0.1) is 11.3 Å². The molecule has 22 heavy (non-hydrogen) atoms. The molecule has 7 heteroatoms. The van der Waals surface area contributed by atoms with Crippen LogP contribution in [-0.2, 0) is 9.63 Å². The lowest BCUT2D eigenvalue weighted by Crippen LogP contribution is -2.27. The number of amidine groups is 1. The van der Waals surface area contributed by atoms with Gasteiger partial charge in [-0.2, -0.15) is 16.6 Å². The summed E-state index contributed by atoms with van der Waals surface area (Å²) in [5, 5.41) is 18.9. The summed E-state index contributed by atoms with van der Waals surface area (Å²) in [6, 6.07) is 10.4. The van der Waals surface area contributed by atoms with E-state index in [1.165, 1.54) is 11.3 Å². The Bertz CT molecular complexity index is 719. The second-order valence-electron chi connectivity index (χ2n) is 4.42. The van der Waals surface area contributed by atoms with Crippen LogP contribution in [0.2, 0.25) is 0 Å². The molecule has 0 saturated heterocycles. The van der Waals surface area contributed by atoms with Crippen LogP contribution in [0.4, 0.5) is 5.69 Å². The molecule has 6 nitrogen and oxygen atoms in total. The van der Waals surface area contributed by atoms with Gasteiger partial charge in [-0.3, -0.25) is 4.79 Å². The third-order valence-electron chi connectivity index (χ3n) is 2.75. The minimum atomic E-state index is -0.817. The van der Waals surface area contributed by atoms with Gasteiger partial charge in [0.1, 0.15) is 0 Å². The standard InChI is InChI=1S/C15H14N4O2S/c1-10(21-19-14(17)12-5-6-22-9-12)15(20)18-13-4-2-3-11(7-13)8-16/h2-7,9-10H,1H3,(H2,17,19)(H,18,20). The van der Waals surface area contributed by atoms with E-state index >= 15 is 0 Å². The molecule has 1 atom stereocenters. The van der Waals surface area contributed by atoms with Crippen molar-refractivity contribution in [2.45, 2.75) is 13.0 Å². The predicted octanol–water partition coefficient (Wildman–Crippen LogP) is 2.28. The van der Waals surface area contributed by atoms with Crippen molar-refractivity contribution in [3.63, 3.8) is 0 Å². The normalized spacial score (nSPS) is 12.3. The van der Waals surface area contributed by atoms with Gasteiger partial charge in [0.15, 0.2) is 5.84 Å². The maximum absolute atomic E-state index is 12.0. The van der Waals surface area contributed by atoms with E-state index in [0.29, 0.717) is 11.3 Å². The monoisotopic (exact) mass is 314 g/mol. The number of oxime groups is 1. The fourth-order valence-corrected chi connectivity index (χ4v) is 2.21. The SMILES string of the molecule is CC(O/N=C(\N)c1ccsc1)C(=O)Nc1cccc(C#N)c1. The number of nitrogens with zero attached hydrogens (tertiary/aromatic N) is 2. The third kappa shape index (κ3) is 4.07. The molecule has 3 N–H and O–H groups in total. The Morgan fingerprint density at radius 2 is 2.32 bits per heavy atom. The number of carbonyl (C=O) groups excluding carboxylic acids is 1. The largest absolute Gasteiger partial charge is 0.381 e. The van der Waals surface area contributed by atoms with Gasteiger partial charge in [-0.15, -0.1) is 0 Å². The van der Waals surface area contributed by atoms with Crippen LogP contribution in [0.1, 0.15) is 18.1 Å². The quantitative estimate of drug-likeness (QED) is 0.502. The minimum Gasteiger partial charge on any atom is -0.381 e. The Morgan fingerprint density at radius 1 is 1.50 bits per heavy atom. The first-order valence-electron chi connectivity index (χ1n) is 6.43. The third-order valence-corrected chi connectivity index (χ3v) is 3.44. The number of benzene rings is 1. The second kappa shape index (κ2) is 7.24. The van der Waals surface area contributed by atoms with Crippen LogP contribution in [0.5, 0.6) is 0 Å². The summed E-state index contributed by atoms with van der Waals surface area (Å²) in [5.41, 5.74) is 7.48. The zero-order valence-corrected chi connectivity index (χ0v) is 12.6. The molecule has 0 aliphatic carbocycles. The molecule has 0 aliphatic heterocycles. The average Bonchev–Trinajstić information content (AvgIpc) is 3.06. The number of nitriles is 1. The molecule has 0 saturated carbocycles. The number of hydrogen-bond donors (Lipinski definition) is 2. The Kier molecular flexibility index (Phi) is 5.11. The van der Waals surface area contributed by atoms with Crippen LogP contribution < -0.4 is 11.1 Å². The van der Waals surface area contributed by atoms with Gasteiger partial charge in [0.2, 0.25) is 6.10 Å². The van der Waals surface area contributed by atoms with Gasteiger partial charge in [0, 0.05) is 16.6 Å². The molecule has 0 aliphatic rings. The Morgan fingerprint density at radius 3 is 3.00 bits per heavy atom. The summed E-state index contributed by atoms with van der Waals surface area (Å²) in [5.74, 6) is -0.163. The molecule has 2 rings (SSSR count). The first-order chi connectivity index (χ1) is 10.6. The highest BCUT2D eigenvalue weighted by Crippen LogP contribution is 2.11. The van der Waals surface area contributed by atoms with Crippen LogP contribution in [0.25, 0.3) is 0 Å². The van der Waals surface area contributed by atoms with E-state index in [0.717, 1.165) is 5.56 Å². The Balaban J connectivity index is 1.95. The van der Waals surface area contributed by atoms with Crippen LogP contribution in [-0.4, -0.2) is 17.8 Å². The number of nitrogens with two attached hydrogens (primary N) is 1. The lowest BCUT2D eigenvalue weighted by atomic mass is 10.2. The molecule has 0 bridgehead atoms. The van der Waals surface area contributed by atoms with Crippen LogP contribution in [0.15, 0.2) is 46.2 Å². The number of nitrogens with one attached hydrogen (secondary N) is 1. The average molecular weight is 314 g/mol. The lowest BCUT2D eigenvalue weighted by molar-refractivity contribution is -0.126. The van der Waals surface area contributed by atoms with E-state index < -0.39 is 6.10 Å². The van der Waals surface area contributed by atoms with Gasteiger partial charge in [-0.1, -0.05) is 11.2 Å². The van der Waals surface area contributed by atoms with Gasteiger partial charge >= 0.3 is 0 Å². The molecule has 1 aromatic heterocycles. The minimum absolute atomic E-state index is 0.215. The Labute approximate surface area is 131 Å². The molecule has 0 radical (unpaired) electrons. The summed E-state index contributed by atoms with van der Waals surface area (Å²) in [6.45, 7) is 1.56. The number of amides is 1. The highest BCUT2D eigenvalue weighted by Gasteiger charge is 2.15. The summed E-state index contributed by atoms with van der Waals surface area (Å²) in [6.07, 6.45) is -0.817. The van der Waals surface area contributed by atoms with Crippen molar-refractivity contribution >= 4 is 28.8 Å². The number of anilines is 1. The molecular formula is C15H14N4O2S. The van der Waals surface area contributed by atoms with E-state index in [1.807, 2.05) is 22.9 Å². The first-order valence-corrected chi connectivity index (χ1v) is 7.37. The fraction of sp³-hybridized carbons (Fsp3) is 0.133. The van der Waals surface area contributed by atoms with E-state index in [2.05, 4.69) is 10.5 Å². The van der Waals surface area contributed by atoms with Gasteiger partial charge in [0.25, 0.3) is 5.91 Å². The van der Waals surface area contributed by atoms with Crippen molar-refractivity contribution in [2.75, 3.05) is 5.32 Å². The smallest absolute Gasteiger partial charge is 0.267 e. The topological polar surface area (TPSA) is 100 Å². The molecule has 1 aromatic carbocycles. The molecule has 0 spiro atoms. The zero-order chi connectivity index (χ0) is 15.9. The van der Waals surface area contributed by atoms with Crippen molar-refractivity contribution in [1.82, 2.24) is 0 Å². The maximum atomic E-state index is 12.0. The number of carbonyl (C=O) groups is 1. The number of hydrogen-bond acceptors (Lipinski definition) is 5. The van der Waals surface area contributed by atoms with E-state index in [-0.39, 0.29) is 11.7 Å². The summed E-state index contributed by atoms with van der Waals surface area (Å²) in [7, 11) is 0. The number of rotatable bonds is 5. The Hall–Kier alpha value is -2.85. The van der Waals surface area contributed by atoms with Crippen molar-refractivity contribution in [1.29, 1.82) is 5.26 Å². The van der Waals surface area contributed by atoms with Gasteiger partial charge < -0.3 is 15.9 Å². The van der Waals surface area contributed by atoms with Crippen LogP contribution in [0.3, 0.4) is 0 Å². The zero-order valence-electron chi connectivity index (χ0n) is 11.8. The molecule has 0 fully saturated rings. The van der Waals surface area contributed by atoms with Crippen molar-refractivity contribution in [2.24, 2.45) is 10.9 Å². The van der Waals surface area contributed by atoms with Crippen LogP contribution >= 0.6 is 11.3 Å². The highest BCUT2D eigenvalue weighted by molar-refractivity contribution is 7.08. The lowest BCUT2D eigenvalue weighted by Gasteiger charge is -2.11. The van der Waals surface area contributed by atoms with Crippen molar-refractivity contribution in [3.8, 4) is 6.07 Å². The summed E-state index contributed by atoms with van der Waals surface area (Å²) < 4.78 is 0. The molecule has 2 aromatic rings.